The molecule has 0 unspecified atom stereocenters. The van der Waals surface area contributed by atoms with E-state index >= 15 is 0 Å². The summed E-state index contributed by atoms with van der Waals surface area (Å²) in [6.07, 6.45) is 1.68. The molecule has 4 aromatic rings. The lowest BCUT2D eigenvalue weighted by molar-refractivity contribution is -0.162. The smallest absolute Gasteiger partial charge is 0.302 e. The number of ether oxygens (including phenoxy) is 1. The maximum atomic E-state index is 14.2. The third-order valence-electron chi connectivity index (χ3n) is 8.98. The maximum Gasteiger partial charge on any atom is 0.302 e. The Labute approximate surface area is 304 Å². The van der Waals surface area contributed by atoms with E-state index in [4.69, 9.17) is 14.6 Å². The van der Waals surface area contributed by atoms with E-state index in [0.29, 0.717) is 10.9 Å². The second-order valence-electron chi connectivity index (χ2n) is 13.1. The van der Waals surface area contributed by atoms with E-state index in [1.54, 1.807) is 16.5 Å². The summed E-state index contributed by atoms with van der Waals surface area (Å²) in [5.74, 6) is -0.985. The molecule has 2 atom stereocenters. The van der Waals surface area contributed by atoms with Gasteiger partial charge in [0.05, 0.1) is 0 Å². The number of oxime groups is 1. The van der Waals surface area contributed by atoms with Crippen LogP contribution >= 0.6 is 23.1 Å². The molecule has 1 fully saturated rings. The maximum absolute atomic E-state index is 14.2. The number of hydrogen-bond acceptors (Lipinski definition) is 10. The van der Waals surface area contributed by atoms with Gasteiger partial charge >= 0.3 is 5.97 Å². The van der Waals surface area contributed by atoms with Gasteiger partial charge in [-0.15, -0.1) is 23.1 Å². The Hall–Kier alpha value is -5.01. The van der Waals surface area contributed by atoms with Crippen LogP contribution in [0.2, 0.25) is 0 Å². The molecule has 3 aromatic carbocycles. The Morgan fingerprint density at radius 3 is 2.06 bits per heavy atom. The van der Waals surface area contributed by atoms with Crippen molar-refractivity contribution in [3.63, 3.8) is 0 Å². The summed E-state index contributed by atoms with van der Waals surface area (Å²) in [5.41, 5.74) is 0.558. The first-order valence-corrected chi connectivity index (χ1v) is 18.2. The molecule has 0 bridgehead atoms. The second-order valence-corrected chi connectivity index (χ2v) is 15.1. The Morgan fingerprint density at radius 2 is 1.55 bits per heavy atom. The lowest BCUT2D eigenvalue weighted by Gasteiger charge is -2.61. The Kier molecular flexibility index (Phi) is 10.3. The first-order chi connectivity index (χ1) is 24.5. The van der Waals surface area contributed by atoms with Crippen LogP contribution in [-0.4, -0.2) is 63.5 Å². The standard InChI is InChI=1S/C38H38FN5O5S2/c1-25(45)48-21-26-20-44-33(47)38(36(2,3)4,34(44)50-22-26)41-32(46)31(43-49-24-39)30-23-51-35(40-30)42-37(27-14-8-5-9-15-27,28-16-10-6-11-17-28)29-18-12-7-13-19-29/h5-20,23,34H,21-22,24H2,1-4H3,(H,40,42)(H,41,46)/t34-,38-/m1/s1. The van der Waals surface area contributed by atoms with Crippen molar-refractivity contribution in [1.29, 1.82) is 0 Å². The van der Waals surface area contributed by atoms with Crippen LogP contribution in [-0.2, 0) is 29.5 Å². The van der Waals surface area contributed by atoms with E-state index in [1.807, 2.05) is 112 Å². The predicted octanol–water partition coefficient (Wildman–Crippen LogP) is 6.46. The SMILES string of the molecule is CC(=O)OCC1=CN2C(=O)[C@](NC(=O)C(=NOCF)c3csc(NC(c4ccccc4)(c4ccccc4)c4ccccc4)n3)(C(C)(C)C)[C@H]2SC1. The molecular formula is C38H38FN5O5S2. The minimum Gasteiger partial charge on any atom is -0.461 e. The van der Waals surface area contributed by atoms with Gasteiger partial charge in [0.1, 0.15) is 23.2 Å². The summed E-state index contributed by atoms with van der Waals surface area (Å²) in [7, 11) is 0. The zero-order valence-corrected chi connectivity index (χ0v) is 30.2. The number of nitrogens with zero attached hydrogens (tertiary/aromatic N) is 3. The van der Waals surface area contributed by atoms with Crippen molar-refractivity contribution in [3.8, 4) is 0 Å². The number of fused-ring (bicyclic) bond motifs is 1. The molecule has 1 saturated heterocycles. The van der Waals surface area contributed by atoms with Crippen molar-refractivity contribution in [1.82, 2.24) is 15.2 Å². The summed E-state index contributed by atoms with van der Waals surface area (Å²) in [6, 6.07) is 30.0. The number of thioether (sulfide) groups is 1. The van der Waals surface area contributed by atoms with Gasteiger partial charge in [-0.05, 0) is 27.7 Å². The van der Waals surface area contributed by atoms with Gasteiger partial charge in [-0.2, -0.15) is 0 Å². The van der Waals surface area contributed by atoms with Gasteiger partial charge in [0.25, 0.3) is 18.7 Å². The number of β-lactam (4-membered cyclic amide) rings is 1. The van der Waals surface area contributed by atoms with Crippen LogP contribution in [0.5, 0.6) is 0 Å². The quantitative estimate of drug-likeness (QED) is 0.0561. The molecule has 264 valence electrons. The molecular weight excluding hydrogens is 690 g/mol. The first-order valence-electron chi connectivity index (χ1n) is 16.3. The minimum absolute atomic E-state index is 0.0748. The third kappa shape index (κ3) is 6.75. The highest BCUT2D eigenvalue weighted by Gasteiger charge is 2.68. The molecule has 2 N–H and O–H groups in total. The average molecular weight is 728 g/mol. The van der Waals surface area contributed by atoms with E-state index in [2.05, 4.69) is 15.8 Å². The number of amides is 2. The van der Waals surface area contributed by atoms with Gasteiger partial charge in [-0.1, -0.05) is 117 Å². The van der Waals surface area contributed by atoms with E-state index < -0.39 is 40.6 Å². The Bertz CT molecular complexity index is 1850. The van der Waals surface area contributed by atoms with Gasteiger partial charge in [-0.25, -0.2) is 9.37 Å². The first kappa shape index (κ1) is 35.8. The summed E-state index contributed by atoms with van der Waals surface area (Å²) in [6.45, 7) is 5.75. The lowest BCUT2D eigenvalue weighted by atomic mass is 9.67. The van der Waals surface area contributed by atoms with Gasteiger partial charge < -0.3 is 25.1 Å². The van der Waals surface area contributed by atoms with Gasteiger partial charge in [0.2, 0.25) is 0 Å². The van der Waals surface area contributed by atoms with Crippen LogP contribution in [0.4, 0.5) is 9.52 Å². The van der Waals surface area contributed by atoms with Crippen molar-refractivity contribution in [3.05, 3.63) is 131 Å². The fraction of sp³-hybridized carbons (Fsp3) is 0.289. The Morgan fingerprint density at radius 1 is 0.980 bits per heavy atom. The van der Waals surface area contributed by atoms with E-state index in [-0.39, 0.29) is 23.9 Å². The van der Waals surface area contributed by atoms with E-state index in [0.717, 1.165) is 22.3 Å². The highest BCUT2D eigenvalue weighted by atomic mass is 32.2. The van der Waals surface area contributed by atoms with Crippen LogP contribution in [0.1, 0.15) is 50.1 Å². The zero-order valence-electron chi connectivity index (χ0n) is 28.6. The molecule has 2 aliphatic heterocycles. The van der Waals surface area contributed by atoms with Gasteiger partial charge in [-0.3, -0.25) is 14.4 Å². The monoisotopic (exact) mass is 727 g/mol. The molecule has 0 aliphatic carbocycles. The molecule has 2 aliphatic rings. The number of hydrogen-bond donors (Lipinski definition) is 2. The van der Waals surface area contributed by atoms with Crippen LogP contribution in [0.25, 0.3) is 0 Å². The van der Waals surface area contributed by atoms with E-state index in [1.165, 1.54) is 30.0 Å². The number of nitrogens with one attached hydrogen (secondary N) is 2. The zero-order chi connectivity index (χ0) is 36.2. The lowest BCUT2D eigenvalue weighted by Crippen LogP contribution is -2.83. The van der Waals surface area contributed by atoms with Crippen LogP contribution in [0, 0.1) is 5.41 Å². The highest BCUT2D eigenvalue weighted by Crippen LogP contribution is 2.51. The number of benzene rings is 3. The second kappa shape index (κ2) is 14.7. The predicted molar refractivity (Wildman–Crippen MR) is 197 cm³/mol. The van der Waals surface area contributed by atoms with Crippen molar-refractivity contribution >= 4 is 51.7 Å². The minimum atomic E-state index is -1.34. The summed E-state index contributed by atoms with van der Waals surface area (Å²) < 4.78 is 18.5. The molecule has 3 heterocycles. The molecule has 2 amide bonds. The number of carbonyl (C=O) groups is 3. The molecule has 0 radical (unpaired) electrons. The highest BCUT2D eigenvalue weighted by molar-refractivity contribution is 8.00. The number of rotatable bonds is 12. The number of esters is 1. The van der Waals surface area contributed by atoms with Crippen LogP contribution < -0.4 is 10.6 Å². The summed E-state index contributed by atoms with van der Waals surface area (Å²) in [4.78, 5) is 50.6. The van der Waals surface area contributed by atoms with E-state index in [9.17, 15) is 18.8 Å². The fourth-order valence-corrected chi connectivity index (χ4v) is 8.85. The molecule has 1 aromatic heterocycles. The average Bonchev–Trinajstić information content (AvgIpc) is 3.60. The molecule has 13 heteroatoms. The molecule has 6 rings (SSSR count). The number of anilines is 1. The summed E-state index contributed by atoms with van der Waals surface area (Å²) >= 11 is 2.71. The van der Waals surface area contributed by atoms with Gasteiger partial charge in [0.15, 0.2) is 16.4 Å². The molecule has 0 saturated carbocycles. The van der Waals surface area contributed by atoms with Crippen molar-refractivity contribution < 1.29 is 28.3 Å². The molecule has 51 heavy (non-hydrogen) atoms. The third-order valence-corrected chi connectivity index (χ3v) is 11.2. The summed E-state index contributed by atoms with van der Waals surface area (Å²) in [5, 5.41) is 12.2. The topological polar surface area (TPSA) is 122 Å². The molecule has 10 nitrogen and oxygen atoms in total. The number of halogens is 1. The van der Waals surface area contributed by atoms with Crippen molar-refractivity contribution in [2.45, 2.75) is 44.1 Å². The van der Waals surface area contributed by atoms with Crippen molar-refractivity contribution in [2.24, 2.45) is 10.6 Å². The largest absolute Gasteiger partial charge is 0.461 e. The van der Waals surface area contributed by atoms with Crippen LogP contribution in [0.3, 0.4) is 0 Å². The number of alkyl halides is 1. The number of carbonyl (C=O) groups excluding carboxylic acids is 3. The van der Waals surface area contributed by atoms with Crippen molar-refractivity contribution in [2.75, 3.05) is 24.5 Å². The molecule has 0 spiro atoms. The normalized spacial score (nSPS) is 19.0. The number of thiazole rings is 1. The van der Waals surface area contributed by atoms with Crippen LogP contribution in [0.15, 0.2) is 113 Å². The van der Waals surface area contributed by atoms with Gasteiger partial charge in [0, 0.05) is 24.3 Å². The number of aromatic nitrogens is 1. The fourth-order valence-electron chi connectivity index (χ4n) is 6.49. The Balaban J connectivity index is 1.34.